The highest BCUT2D eigenvalue weighted by molar-refractivity contribution is 7.26. The molecule has 12 heteroatoms. The van der Waals surface area contributed by atoms with Crippen LogP contribution >= 0.6 is 11.3 Å². The zero-order valence-corrected chi connectivity index (χ0v) is 77.7. The van der Waals surface area contributed by atoms with Crippen molar-refractivity contribution in [1.29, 1.82) is 0 Å². The van der Waals surface area contributed by atoms with Crippen LogP contribution in [0.15, 0.2) is 415 Å². The lowest BCUT2D eigenvalue weighted by molar-refractivity contribution is 0.665. The van der Waals surface area contributed by atoms with Gasteiger partial charge in [-0.15, -0.1) is 11.3 Å². The summed E-state index contributed by atoms with van der Waals surface area (Å²) in [6.07, 6.45) is 0. The summed E-state index contributed by atoms with van der Waals surface area (Å²) >= 11 is 1.87. The first-order chi connectivity index (χ1) is 68.3. The van der Waals surface area contributed by atoms with Crippen molar-refractivity contribution in [3.05, 3.63) is 440 Å². The Labute approximate surface area is 803 Å². The van der Waals surface area contributed by atoms with E-state index in [1.165, 1.54) is 103 Å². The molecule has 0 atom stereocenters. The number of fused-ring (bicyclic) bond motifs is 32. The van der Waals surface area contributed by atoms with Crippen LogP contribution in [0.5, 0.6) is 0 Å². The van der Waals surface area contributed by atoms with Gasteiger partial charge < -0.3 is 8.83 Å². The predicted molar refractivity (Wildman–Crippen MR) is 574 cm³/mol. The maximum atomic E-state index is 6.78. The van der Waals surface area contributed by atoms with E-state index in [0.717, 1.165) is 160 Å². The molecule has 11 nitrogen and oxygen atoms in total. The van der Waals surface area contributed by atoms with Crippen LogP contribution in [0.3, 0.4) is 0 Å². The summed E-state index contributed by atoms with van der Waals surface area (Å²) in [5.41, 5.74) is 34.5. The second-order valence-corrected chi connectivity index (χ2v) is 39.6. The van der Waals surface area contributed by atoms with Gasteiger partial charge in [-0.25, -0.2) is 29.9 Å². The van der Waals surface area contributed by atoms with Crippen LogP contribution < -0.4 is 0 Å². The zero-order chi connectivity index (χ0) is 92.4. The van der Waals surface area contributed by atoms with Gasteiger partial charge in [-0.2, -0.15) is 0 Å². The van der Waals surface area contributed by atoms with Crippen LogP contribution in [0, 0.1) is 0 Å². The zero-order valence-electron chi connectivity index (χ0n) is 76.9. The van der Waals surface area contributed by atoms with E-state index >= 15 is 0 Å². The molecule has 30 rings (SSSR count). The number of thiophene rings is 1. The van der Waals surface area contributed by atoms with E-state index < -0.39 is 0 Å². The van der Waals surface area contributed by atoms with Crippen molar-refractivity contribution < 1.29 is 8.83 Å². The van der Waals surface area contributed by atoms with E-state index in [0.29, 0.717) is 17.8 Å². The highest BCUT2D eigenvalue weighted by atomic mass is 32.1. The minimum absolute atomic E-state index is 0.175. The van der Waals surface area contributed by atoms with Gasteiger partial charge in [0.2, 0.25) is 17.8 Å². The average Bonchev–Trinajstić information content (AvgIpc) is 1.53. The van der Waals surface area contributed by atoms with Crippen molar-refractivity contribution in [3.63, 3.8) is 0 Å². The summed E-state index contributed by atoms with van der Waals surface area (Å²) in [5.74, 6) is 2.00. The first-order valence-electron chi connectivity index (χ1n) is 47.6. The Morgan fingerprint density at radius 3 is 1.27 bits per heavy atom. The molecule has 0 saturated heterocycles. The number of rotatable bonds is 8. The molecule has 0 unspecified atom stereocenters. The number of nitrogens with zero attached hydrogens (tertiary/aromatic N) is 9. The molecular weight excluding hydrogens is 1720 g/mol. The van der Waals surface area contributed by atoms with Crippen molar-refractivity contribution in [2.45, 2.75) is 57.8 Å². The number of aromatic nitrogens is 9. The standard InChI is InChI=1S/C47H31N3O.C43H29N3O.C37H25N3S/c1-47(2)38-23-13-11-22-34(38)43-40(47)35-26-25-33-31-20-12-14-24-39(31)51-45(33)44(35)50(43)46-48-41(29-17-7-4-8-18-29)37-27-36(28-15-5-3-6-16-28)30-19-9-10-21-32(30)42(37)49-46;1-43(2)32-19-11-9-17-29(32)41-39(43)38-34(23-24-36-37(38)30-18-10-12-20-35(30)47-36)46(41)42-44-33-22-21-28(26-13-5-3-6-14-26)25-31(33)40(45-42)27-15-7-4-8-16-27;1-37(2)26-17-9-6-14-23(26)35-33(37)32-28(20-21-30-31(32)25-16-8-11-19-29(25)41-30)40(35)36-38-27-18-10-7-15-24(27)34(39-36)22-12-4-3-5-13-22/h3-27H,1-2H3;3-25H,1-2H3;3-21H,1-2H3. The monoisotopic (exact) mass is 1800 g/mol. The summed E-state index contributed by atoms with van der Waals surface area (Å²) in [5, 5.41) is 16.1. The lowest BCUT2D eigenvalue weighted by Crippen LogP contribution is -2.14. The van der Waals surface area contributed by atoms with Crippen molar-refractivity contribution >= 4 is 152 Å². The van der Waals surface area contributed by atoms with Crippen molar-refractivity contribution in [1.82, 2.24) is 43.6 Å². The molecule has 9 aromatic heterocycles. The fraction of sp³-hybridized carbons (Fsp3) is 0.0709. The van der Waals surface area contributed by atoms with Crippen molar-refractivity contribution in [2.75, 3.05) is 0 Å². The van der Waals surface area contributed by atoms with Crippen LogP contribution in [0.1, 0.15) is 74.9 Å². The molecule has 3 aliphatic carbocycles. The molecule has 0 bridgehead atoms. The summed E-state index contributed by atoms with van der Waals surface area (Å²) < 4.78 is 22.8. The fourth-order valence-corrected chi connectivity index (χ4v) is 24.7. The smallest absolute Gasteiger partial charge is 0.235 e. The molecule has 27 aromatic rings. The summed E-state index contributed by atoms with van der Waals surface area (Å²) in [7, 11) is 0. The third-order valence-corrected chi connectivity index (χ3v) is 30.9. The maximum Gasteiger partial charge on any atom is 0.235 e. The minimum atomic E-state index is -0.245. The van der Waals surface area contributed by atoms with E-state index in [-0.39, 0.29) is 16.2 Å². The quantitative estimate of drug-likeness (QED) is 0.138. The van der Waals surface area contributed by atoms with Crippen LogP contribution in [-0.4, -0.2) is 43.6 Å². The van der Waals surface area contributed by atoms with Gasteiger partial charge >= 0.3 is 0 Å². The topological polar surface area (TPSA) is 118 Å². The summed E-state index contributed by atoms with van der Waals surface area (Å²) in [6, 6.07) is 144. The number of hydrogen-bond donors (Lipinski definition) is 0. The Hall–Kier alpha value is -17.3. The Morgan fingerprint density at radius 1 is 0.237 bits per heavy atom. The van der Waals surface area contributed by atoms with Gasteiger partial charge in [0.05, 0.1) is 61.7 Å². The first-order valence-corrected chi connectivity index (χ1v) is 48.5. The normalized spacial score (nSPS) is 13.6. The van der Waals surface area contributed by atoms with E-state index in [9.17, 15) is 0 Å². The highest BCUT2D eigenvalue weighted by Gasteiger charge is 2.46. The SMILES string of the molecule is CC1(C)c2ccccc2-c2c1c1c3c(ccc1n2-c1nc(-c2ccccc2)c2cc(-c4ccccc4)ccc2n1)oc1ccccc13.CC1(C)c2ccccc2-c2c1c1c3c(ccc1n2-c1nc(-c2ccccc2)c2ccccc2n1)sc1ccccc13.CC1(C)c2ccccc2-c2c1c1ccc3c4ccccc4oc3c1n2-c1nc(-c2ccccc2)c2cc(-c3ccccc3)c3ccccc3c2n1. The average molecular weight is 1800 g/mol. The largest absolute Gasteiger partial charge is 0.456 e. The Morgan fingerprint density at radius 2 is 0.669 bits per heavy atom. The molecule has 0 radical (unpaired) electrons. The van der Waals surface area contributed by atoms with Crippen LogP contribution in [0.25, 0.3) is 248 Å². The Kier molecular flexibility index (Phi) is 17.5. The number of hydrogen-bond acceptors (Lipinski definition) is 9. The summed E-state index contributed by atoms with van der Waals surface area (Å²) in [4.78, 5) is 32.5. The molecule has 0 aliphatic heterocycles. The van der Waals surface area contributed by atoms with Crippen LogP contribution in [0.2, 0.25) is 0 Å². The number of benzene rings is 18. The third kappa shape index (κ3) is 11.9. The van der Waals surface area contributed by atoms with Gasteiger partial charge in [-0.1, -0.05) is 375 Å². The van der Waals surface area contributed by atoms with Crippen molar-refractivity contribution in [3.8, 4) is 108 Å². The molecule has 656 valence electrons. The molecule has 0 saturated carbocycles. The van der Waals surface area contributed by atoms with Gasteiger partial charge in [0, 0.05) is 129 Å². The van der Waals surface area contributed by atoms with Gasteiger partial charge in [0.15, 0.2) is 5.58 Å². The van der Waals surface area contributed by atoms with Gasteiger partial charge in [0.25, 0.3) is 0 Å². The fourth-order valence-electron chi connectivity index (χ4n) is 23.6. The molecule has 139 heavy (non-hydrogen) atoms. The van der Waals surface area contributed by atoms with Crippen LogP contribution in [-0.2, 0) is 16.2 Å². The van der Waals surface area contributed by atoms with Gasteiger partial charge in [-0.05, 0) is 134 Å². The second kappa shape index (κ2) is 30.3. The molecule has 9 heterocycles. The van der Waals surface area contributed by atoms with E-state index in [1.807, 2.05) is 23.5 Å². The molecular formula is C127H85N9O2S. The second-order valence-electron chi connectivity index (χ2n) is 38.5. The van der Waals surface area contributed by atoms with Crippen molar-refractivity contribution in [2.24, 2.45) is 0 Å². The lowest BCUT2D eigenvalue weighted by Gasteiger charge is -2.21. The van der Waals surface area contributed by atoms with Crippen LogP contribution in [0.4, 0.5) is 0 Å². The van der Waals surface area contributed by atoms with Gasteiger partial charge in [-0.3, -0.25) is 13.7 Å². The third-order valence-electron chi connectivity index (χ3n) is 29.8. The molecule has 3 aliphatic rings. The maximum absolute atomic E-state index is 6.78. The highest BCUT2D eigenvalue weighted by Crippen LogP contribution is 2.60. The minimum Gasteiger partial charge on any atom is -0.456 e. The number of furan rings is 2. The lowest BCUT2D eigenvalue weighted by atomic mass is 9.81. The van der Waals surface area contributed by atoms with E-state index in [4.69, 9.17) is 38.7 Å². The molecule has 0 amide bonds. The van der Waals surface area contributed by atoms with E-state index in [1.54, 1.807) is 0 Å². The Bertz CT molecular complexity index is 9870. The first kappa shape index (κ1) is 80.2. The Balaban J connectivity index is 0.000000103. The molecule has 18 aromatic carbocycles. The van der Waals surface area contributed by atoms with E-state index in [2.05, 4.69) is 450 Å². The predicted octanol–water partition coefficient (Wildman–Crippen LogP) is 33.3. The van der Waals surface area contributed by atoms with Gasteiger partial charge in [0.1, 0.15) is 22.3 Å². The number of para-hydroxylation sites is 3. The molecule has 0 spiro atoms. The summed E-state index contributed by atoms with van der Waals surface area (Å²) in [6.45, 7) is 14.1. The molecule has 0 N–H and O–H groups in total. The molecule has 0 fully saturated rings.